The summed E-state index contributed by atoms with van der Waals surface area (Å²) in [5, 5.41) is 1.02. The fourth-order valence-corrected chi connectivity index (χ4v) is 5.60. The van der Waals surface area contributed by atoms with Crippen LogP contribution in [-0.2, 0) is 31.6 Å². The van der Waals surface area contributed by atoms with Crippen LogP contribution in [0.5, 0.6) is 5.75 Å². The van der Waals surface area contributed by atoms with Crippen LogP contribution in [0.1, 0.15) is 37.6 Å². The second-order valence-electron chi connectivity index (χ2n) is 9.61. The van der Waals surface area contributed by atoms with Crippen molar-refractivity contribution in [1.29, 1.82) is 0 Å². The van der Waals surface area contributed by atoms with Crippen LogP contribution < -0.4 is 14.4 Å². The van der Waals surface area contributed by atoms with Crippen molar-refractivity contribution < 1.29 is 22.7 Å². The first-order valence-corrected chi connectivity index (χ1v) is 13.8. The number of carbonyl (C=O) groups excluding carboxylic acids is 2. The fourth-order valence-electron chi connectivity index (χ4n) is 4.05. The molecule has 1 aromatic heterocycles. The van der Waals surface area contributed by atoms with Crippen molar-refractivity contribution in [1.82, 2.24) is 4.72 Å². The van der Waals surface area contributed by atoms with Gasteiger partial charge in [0, 0.05) is 39.1 Å². The molecule has 184 valence electrons. The van der Waals surface area contributed by atoms with Gasteiger partial charge >= 0.3 is 0 Å². The minimum atomic E-state index is -3.28. The number of nitrogens with zero attached hydrogens (tertiary/aromatic N) is 1. The molecule has 0 atom stereocenters. The maximum atomic E-state index is 12.7. The Labute approximate surface area is 209 Å². The lowest BCUT2D eigenvalue weighted by Gasteiger charge is -2.28. The Morgan fingerprint density at radius 3 is 2.49 bits per heavy atom. The summed E-state index contributed by atoms with van der Waals surface area (Å²) in [5.41, 5.74) is 3.08. The van der Waals surface area contributed by atoms with E-state index in [1.54, 1.807) is 7.11 Å². The number of hydrogen-bond donors (Lipinski definition) is 1. The van der Waals surface area contributed by atoms with Gasteiger partial charge in [-0.1, -0.05) is 32.9 Å². The summed E-state index contributed by atoms with van der Waals surface area (Å²) in [6.07, 6.45) is 3.93. The zero-order chi connectivity index (χ0) is 25.5. The number of methoxy groups -OCH3 is 1. The van der Waals surface area contributed by atoms with E-state index in [1.165, 1.54) is 28.5 Å². The van der Waals surface area contributed by atoms with E-state index in [9.17, 15) is 18.0 Å². The molecule has 0 saturated carbocycles. The van der Waals surface area contributed by atoms with Crippen molar-refractivity contribution in [3.05, 3.63) is 59.1 Å². The van der Waals surface area contributed by atoms with Crippen molar-refractivity contribution >= 4 is 48.8 Å². The summed E-state index contributed by atoms with van der Waals surface area (Å²) in [7, 11) is -1.64. The second-order valence-corrected chi connectivity index (χ2v) is 12.6. The molecular formula is C26H28N2O5S2. The van der Waals surface area contributed by atoms with Crippen LogP contribution >= 0.6 is 11.3 Å². The van der Waals surface area contributed by atoms with Gasteiger partial charge in [-0.25, -0.2) is 13.1 Å². The number of anilines is 1. The van der Waals surface area contributed by atoms with Gasteiger partial charge in [-0.15, -0.1) is 11.3 Å². The maximum Gasteiger partial charge on any atom is 0.238 e. The minimum Gasteiger partial charge on any atom is -0.496 e. The van der Waals surface area contributed by atoms with Crippen molar-refractivity contribution in [2.45, 2.75) is 39.2 Å². The number of nitrogens with one attached hydrogen (secondary N) is 1. The highest BCUT2D eigenvalue weighted by Gasteiger charge is 2.27. The van der Waals surface area contributed by atoms with Gasteiger partial charge in [-0.05, 0) is 46.7 Å². The molecule has 1 aliphatic heterocycles. The number of allylic oxidation sites excluding steroid dienone is 1. The zero-order valence-electron chi connectivity index (χ0n) is 20.3. The van der Waals surface area contributed by atoms with Gasteiger partial charge in [-0.2, -0.15) is 0 Å². The van der Waals surface area contributed by atoms with E-state index in [2.05, 4.69) is 31.6 Å². The van der Waals surface area contributed by atoms with Gasteiger partial charge in [0.15, 0.2) is 5.78 Å². The highest BCUT2D eigenvalue weighted by molar-refractivity contribution is 7.88. The highest BCUT2D eigenvalue weighted by atomic mass is 32.2. The average molecular weight is 513 g/mol. The number of sulfonamides is 1. The lowest BCUT2D eigenvalue weighted by atomic mass is 9.83. The Bertz CT molecular complexity index is 1460. The summed E-state index contributed by atoms with van der Waals surface area (Å²) < 4.78 is 32.4. The molecule has 0 bridgehead atoms. The number of ketones is 1. The third kappa shape index (κ3) is 5.47. The third-order valence-corrected chi connectivity index (χ3v) is 7.52. The molecular weight excluding hydrogens is 484 g/mol. The largest absolute Gasteiger partial charge is 0.496 e. The summed E-state index contributed by atoms with van der Waals surface area (Å²) in [5.74, 6) is 0.242. The molecule has 0 radical (unpaired) electrons. The van der Waals surface area contributed by atoms with Gasteiger partial charge in [0.2, 0.25) is 15.9 Å². The smallest absolute Gasteiger partial charge is 0.238 e. The first-order valence-electron chi connectivity index (χ1n) is 11.1. The monoisotopic (exact) mass is 512 g/mol. The lowest BCUT2D eigenvalue weighted by molar-refractivity contribution is -0.124. The number of amides is 1. The second kappa shape index (κ2) is 9.22. The molecule has 7 nitrogen and oxygen atoms in total. The molecule has 0 aliphatic carbocycles. The Morgan fingerprint density at radius 2 is 1.86 bits per heavy atom. The van der Waals surface area contributed by atoms with Crippen molar-refractivity contribution in [2.75, 3.05) is 18.3 Å². The summed E-state index contributed by atoms with van der Waals surface area (Å²) in [6.45, 7) is 6.49. The van der Waals surface area contributed by atoms with Crippen molar-refractivity contribution in [3.8, 4) is 16.9 Å². The SMILES string of the molecule is COc1c(-c2ccc3cc(CNS(C)(=O)=O)sc3c2)cc(N2C=CC(=O)CC2=O)cc1C(C)(C)C. The third-order valence-electron chi connectivity index (χ3n) is 5.76. The van der Waals surface area contributed by atoms with E-state index in [1.807, 2.05) is 30.3 Å². The normalized spacial score (nSPS) is 14.7. The van der Waals surface area contributed by atoms with Crippen molar-refractivity contribution in [2.24, 2.45) is 0 Å². The average Bonchev–Trinajstić information content (AvgIpc) is 3.18. The van der Waals surface area contributed by atoms with E-state index in [0.717, 1.165) is 43.7 Å². The van der Waals surface area contributed by atoms with E-state index >= 15 is 0 Å². The molecule has 9 heteroatoms. The highest BCUT2D eigenvalue weighted by Crippen LogP contribution is 2.44. The number of carbonyl (C=O) groups is 2. The van der Waals surface area contributed by atoms with Crippen LogP contribution in [0.15, 0.2) is 48.7 Å². The first kappa shape index (κ1) is 25.1. The van der Waals surface area contributed by atoms with E-state index in [0.29, 0.717) is 5.69 Å². The van der Waals surface area contributed by atoms with Crippen LogP contribution in [0.2, 0.25) is 0 Å². The lowest BCUT2D eigenvalue weighted by Crippen LogP contribution is -2.31. The molecule has 3 aromatic rings. The topological polar surface area (TPSA) is 92.8 Å². The van der Waals surface area contributed by atoms with Crippen LogP contribution in [0.25, 0.3) is 21.2 Å². The van der Waals surface area contributed by atoms with Crippen LogP contribution in [0.3, 0.4) is 0 Å². The molecule has 2 heterocycles. The van der Waals surface area contributed by atoms with Gasteiger partial charge in [0.05, 0.1) is 19.8 Å². The van der Waals surface area contributed by atoms with Gasteiger partial charge in [0.1, 0.15) is 5.75 Å². The Balaban J connectivity index is 1.85. The minimum absolute atomic E-state index is 0.159. The Morgan fingerprint density at radius 1 is 1.11 bits per heavy atom. The van der Waals surface area contributed by atoms with E-state index in [4.69, 9.17) is 4.74 Å². The molecule has 1 amide bonds. The quantitative estimate of drug-likeness (QED) is 0.482. The van der Waals surface area contributed by atoms with E-state index in [-0.39, 0.29) is 30.1 Å². The zero-order valence-corrected chi connectivity index (χ0v) is 22.0. The van der Waals surface area contributed by atoms with Crippen LogP contribution in [0, 0.1) is 0 Å². The van der Waals surface area contributed by atoms with Crippen molar-refractivity contribution in [3.63, 3.8) is 0 Å². The van der Waals surface area contributed by atoms with Gasteiger partial charge in [0.25, 0.3) is 0 Å². The predicted octanol–water partition coefficient (Wildman–Crippen LogP) is 4.74. The summed E-state index contributed by atoms with van der Waals surface area (Å²) in [4.78, 5) is 26.8. The standard InChI is InChI=1S/C26H28N2O5S2/c1-26(2,3)22-13-18(28-9-8-19(29)14-24(28)30)12-21(25(22)33-4)16-6-7-17-10-20(34-23(17)11-16)15-27-35(5,31)32/h6-13,27H,14-15H2,1-5H3. The van der Waals surface area contributed by atoms with Crippen LogP contribution in [-0.4, -0.2) is 33.5 Å². The molecule has 4 rings (SSSR count). The predicted molar refractivity (Wildman–Crippen MR) is 140 cm³/mol. The fraction of sp³-hybridized carbons (Fsp3) is 0.308. The number of ether oxygens (including phenoxy) is 1. The van der Waals surface area contributed by atoms with Gasteiger partial charge in [-0.3, -0.25) is 14.5 Å². The van der Waals surface area contributed by atoms with Gasteiger partial charge < -0.3 is 4.74 Å². The number of rotatable bonds is 6. The van der Waals surface area contributed by atoms with E-state index < -0.39 is 10.0 Å². The van der Waals surface area contributed by atoms with Crippen LogP contribution in [0.4, 0.5) is 5.69 Å². The Hall–Kier alpha value is -3.01. The first-order chi connectivity index (χ1) is 16.4. The number of benzene rings is 2. The maximum absolute atomic E-state index is 12.7. The number of hydrogen-bond acceptors (Lipinski definition) is 6. The Kier molecular flexibility index (Phi) is 6.61. The molecule has 2 aromatic carbocycles. The molecule has 0 fully saturated rings. The molecule has 1 N–H and O–H groups in total. The number of thiophene rings is 1. The molecule has 0 spiro atoms. The number of fused-ring (bicyclic) bond motifs is 1. The molecule has 0 saturated heterocycles. The summed E-state index contributed by atoms with van der Waals surface area (Å²) >= 11 is 1.52. The summed E-state index contributed by atoms with van der Waals surface area (Å²) in [6, 6.07) is 11.9. The molecule has 35 heavy (non-hydrogen) atoms. The molecule has 1 aliphatic rings. The molecule has 0 unspecified atom stereocenters.